The molecule has 0 unspecified atom stereocenters. The molecule has 104 valence electrons. The maximum atomic E-state index is 12.7. The summed E-state index contributed by atoms with van der Waals surface area (Å²) in [6.45, 7) is 3.73. The lowest BCUT2D eigenvalue weighted by atomic mass is 10.4. The fourth-order valence-corrected chi connectivity index (χ4v) is 1.60. The molecule has 8 heteroatoms. The molecule has 2 rings (SSSR count). The number of halogens is 2. The number of anilines is 1. The maximum absolute atomic E-state index is 12.7. The second-order valence-corrected chi connectivity index (χ2v) is 3.94. The van der Waals surface area contributed by atoms with Crippen LogP contribution < -0.4 is 4.90 Å². The van der Waals surface area contributed by atoms with E-state index in [2.05, 4.69) is 15.3 Å². The lowest BCUT2D eigenvalue weighted by Crippen LogP contribution is -2.24. The summed E-state index contributed by atoms with van der Waals surface area (Å²) in [5, 5.41) is 11.2. The second-order valence-electron chi connectivity index (χ2n) is 3.94. The van der Waals surface area contributed by atoms with E-state index in [0.717, 1.165) is 4.52 Å². The standard InChI is InChI=1S/C11H15F2N5O/c1-3-19-7-6-17(2)9-5-4-8-14-15-11(10(12)13)18(8)16-9/h4-5,10H,3,6-7H2,1-2H3. The molecule has 2 heterocycles. The van der Waals surface area contributed by atoms with Crippen LogP contribution in [0.25, 0.3) is 5.65 Å². The van der Waals surface area contributed by atoms with E-state index in [1.807, 2.05) is 18.9 Å². The Labute approximate surface area is 109 Å². The van der Waals surface area contributed by atoms with Crippen molar-refractivity contribution in [3.05, 3.63) is 18.0 Å². The number of rotatable bonds is 6. The summed E-state index contributed by atoms with van der Waals surface area (Å²) in [7, 11) is 1.82. The molecule has 0 atom stereocenters. The molecule has 0 radical (unpaired) electrons. The Morgan fingerprint density at radius 2 is 2.16 bits per heavy atom. The van der Waals surface area contributed by atoms with Crippen molar-refractivity contribution in [3.8, 4) is 0 Å². The lowest BCUT2D eigenvalue weighted by molar-refractivity contribution is 0.137. The average molecular weight is 271 g/mol. The van der Waals surface area contributed by atoms with Gasteiger partial charge in [0.05, 0.1) is 6.61 Å². The Morgan fingerprint density at radius 3 is 2.84 bits per heavy atom. The molecule has 0 N–H and O–H groups in total. The lowest BCUT2D eigenvalue weighted by Gasteiger charge is -2.17. The topological polar surface area (TPSA) is 55.5 Å². The zero-order valence-electron chi connectivity index (χ0n) is 10.8. The van der Waals surface area contributed by atoms with E-state index in [9.17, 15) is 8.78 Å². The third-order valence-electron chi connectivity index (χ3n) is 2.63. The average Bonchev–Trinajstić information content (AvgIpc) is 2.81. The van der Waals surface area contributed by atoms with Crippen molar-refractivity contribution in [2.45, 2.75) is 13.3 Å². The van der Waals surface area contributed by atoms with Crippen molar-refractivity contribution in [1.29, 1.82) is 0 Å². The Bertz CT molecular complexity index is 545. The van der Waals surface area contributed by atoms with Crippen LogP contribution in [-0.2, 0) is 4.74 Å². The first-order valence-electron chi connectivity index (χ1n) is 5.93. The Balaban J connectivity index is 2.22. The number of aromatic nitrogens is 4. The monoisotopic (exact) mass is 271 g/mol. The second kappa shape index (κ2) is 5.87. The van der Waals surface area contributed by atoms with Crippen molar-refractivity contribution in [3.63, 3.8) is 0 Å². The molecular formula is C11H15F2N5O. The van der Waals surface area contributed by atoms with Crippen LogP contribution in [0.15, 0.2) is 12.1 Å². The molecule has 2 aromatic rings. The van der Waals surface area contributed by atoms with Crippen LogP contribution in [0, 0.1) is 0 Å². The first-order chi connectivity index (χ1) is 9.13. The van der Waals surface area contributed by atoms with Crippen LogP contribution in [-0.4, -0.2) is 46.6 Å². The van der Waals surface area contributed by atoms with Gasteiger partial charge in [0.2, 0.25) is 5.82 Å². The van der Waals surface area contributed by atoms with Gasteiger partial charge in [0.15, 0.2) is 5.65 Å². The number of ether oxygens (including phenoxy) is 1. The molecule has 0 saturated carbocycles. The highest BCUT2D eigenvalue weighted by Gasteiger charge is 2.17. The summed E-state index contributed by atoms with van der Waals surface area (Å²) in [5.74, 6) is 0.115. The smallest absolute Gasteiger partial charge is 0.299 e. The van der Waals surface area contributed by atoms with Gasteiger partial charge < -0.3 is 9.64 Å². The van der Waals surface area contributed by atoms with Crippen molar-refractivity contribution < 1.29 is 13.5 Å². The fourth-order valence-electron chi connectivity index (χ4n) is 1.60. The molecule has 0 spiro atoms. The van der Waals surface area contributed by atoms with Gasteiger partial charge >= 0.3 is 0 Å². The molecule has 0 amide bonds. The maximum Gasteiger partial charge on any atom is 0.299 e. The molecule has 6 nitrogen and oxygen atoms in total. The fraction of sp³-hybridized carbons (Fsp3) is 0.545. The highest BCUT2D eigenvalue weighted by molar-refractivity contribution is 5.45. The molecule has 0 aliphatic rings. The van der Waals surface area contributed by atoms with Crippen LogP contribution >= 0.6 is 0 Å². The summed E-state index contributed by atoms with van der Waals surface area (Å²) in [5.41, 5.74) is 0.303. The molecule has 0 aliphatic carbocycles. The zero-order chi connectivity index (χ0) is 13.8. The van der Waals surface area contributed by atoms with E-state index in [0.29, 0.717) is 31.2 Å². The van der Waals surface area contributed by atoms with Crippen molar-refractivity contribution in [1.82, 2.24) is 19.8 Å². The van der Waals surface area contributed by atoms with E-state index in [1.165, 1.54) is 0 Å². The molecule has 0 aliphatic heterocycles. The van der Waals surface area contributed by atoms with Crippen LogP contribution in [0.2, 0.25) is 0 Å². The minimum absolute atomic E-state index is 0.303. The SMILES string of the molecule is CCOCCN(C)c1ccc2nnc(C(F)F)n2n1. The number of likely N-dealkylation sites (N-methyl/N-ethyl adjacent to an activating group) is 1. The van der Waals surface area contributed by atoms with Gasteiger partial charge in [-0.15, -0.1) is 15.3 Å². The van der Waals surface area contributed by atoms with Gasteiger partial charge in [-0.1, -0.05) is 0 Å². The first kappa shape index (κ1) is 13.6. The number of hydrogen-bond acceptors (Lipinski definition) is 5. The van der Waals surface area contributed by atoms with Gasteiger partial charge in [0.1, 0.15) is 5.82 Å². The largest absolute Gasteiger partial charge is 0.380 e. The van der Waals surface area contributed by atoms with E-state index >= 15 is 0 Å². The normalized spacial score (nSPS) is 11.4. The zero-order valence-corrected chi connectivity index (χ0v) is 10.8. The van der Waals surface area contributed by atoms with Crippen LogP contribution in [0.3, 0.4) is 0 Å². The molecule has 19 heavy (non-hydrogen) atoms. The Morgan fingerprint density at radius 1 is 1.37 bits per heavy atom. The van der Waals surface area contributed by atoms with Crippen molar-refractivity contribution in [2.24, 2.45) is 0 Å². The molecule has 0 aromatic carbocycles. The molecule has 0 fully saturated rings. The van der Waals surface area contributed by atoms with Gasteiger partial charge in [0.25, 0.3) is 6.43 Å². The molecule has 2 aromatic heterocycles. The van der Waals surface area contributed by atoms with Gasteiger partial charge in [-0.3, -0.25) is 0 Å². The van der Waals surface area contributed by atoms with E-state index < -0.39 is 12.2 Å². The van der Waals surface area contributed by atoms with Gasteiger partial charge in [-0.2, -0.15) is 4.52 Å². The molecule has 0 bridgehead atoms. The third kappa shape index (κ3) is 2.95. The summed E-state index contributed by atoms with van der Waals surface area (Å²) >= 11 is 0. The van der Waals surface area contributed by atoms with Crippen molar-refractivity contribution >= 4 is 11.5 Å². The molecule has 0 saturated heterocycles. The van der Waals surface area contributed by atoms with Gasteiger partial charge in [-0.25, -0.2) is 8.78 Å². The van der Waals surface area contributed by atoms with Crippen LogP contribution in [0.1, 0.15) is 19.2 Å². The number of fused-ring (bicyclic) bond motifs is 1. The van der Waals surface area contributed by atoms with E-state index in [4.69, 9.17) is 4.74 Å². The third-order valence-corrected chi connectivity index (χ3v) is 2.63. The number of nitrogens with zero attached hydrogens (tertiary/aromatic N) is 5. The predicted molar refractivity (Wildman–Crippen MR) is 65.5 cm³/mol. The minimum Gasteiger partial charge on any atom is -0.380 e. The quantitative estimate of drug-likeness (QED) is 0.746. The predicted octanol–water partition coefficient (Wildman–Crippen LogP) is 1.53. The Hall–Kier alpha value is -1.83. The molecular weight excluding hydrogens is 256 g/mol. The summed E-state index contributed by atoms with van der Waals surface area (Å²) < 4.78 is 31.7. The number of hydrogen-bond donors (Lipinski definition) is 0. The highest BCUT2D eigenvalue weighted by atomic mass is 19.3. The Kier molecular flexibility index (Phi) is 4.20. The van der Waals surface area contributed by atoms with Gasteiger partial charge in [0, 0.05) is 20.2 Å². The summed E-state index contributed by atoms with van der Waals surface area (Å²) in [6.07, 6.45) is -2.70. The van der Waals surface area contributed by atoms with Crippen LogP contribution in [0.5, 0.6) is 0 Å². The summed E-state index contributed by atoms with van der Waals surface area (Å²) in [4.78, 5) is 1.82. The van der Waals surface area contributed by atoms with E-state index in [-0.39, 0.29) is 0 Å². The minimum atomic E-state index is -2.70. The highest BCUT2D eigenvalue weighted by Crippen LogP contribution is 2.18. The van der Waals surface area contributed by atoms with Gasteiger partial charge in [-0.05, 0) is 19.1 Å². The van der Waals surface area contributed by atoms with E-state index in [1.54, 1.807) is 12.1 Å². The summed E-state index contributed by atoms with van der Waals surface area (Å²) in [6, 6.07) is 3.32. The number of alkyl halides is 2. The van der Waals surface area contributed by atoms with Crippen LogP contribution in [0.4, 0.5) is 14.6 Å². The first-order valence-corrected chi connectivity index (χ1v) is 5.93. The van der Waals surface area contributed by atoms with Crippen molar-refractivity contribution in [2.75, 3.05) is 31.7 Å².